The van der Waals surface area contributed by atoms with Gasteiger partial charge in [-0.15, -0.1) is 0 Å². The van der Waals surface area contributed by atoms with Crippen molar-refractivity contribution in [3.63, 3.8) is 0 Å². The summed E-state index contributed by atoms with van der Waals surface area (Å²) >= 11 is 0. The Morgan fingerprint density at radius 1 is 1.08 bits per heavy atom. The van der Waals surface area contributed by atoms with Crippen molar-refractivity contribution in [1.29, 1.82) is 0 Å². The van der Waals surface area contributed by atoms with Crippen LogP contribution in [0.15, 0.2) is 46.9 Å². The topological polar surface area (TPSA) is 91.6 Å². The Hall–Kier alpha value is -2.86. The zero-order chi connectivity index (χ0) is 17.8. The van der Waals surface area contributed by atoms with E-state index in [-0.39, 0.29) is 6.54 Å². The number of rotatable bonds is 5. The van der Waals surface area contributed by atoms with E-state index in [1.807, 2.05) is 37.3 Å². The van der Waals surface area contributed by atoms with E-state index in [2.05, 4.69) is 10.6 Å². The van der Waals surface area contributed by atoms with Gasteiger partial charge in [-0.25, -0.2) is 0 Å². The van der Waals surface area contributed by atoms with Crippen LogP contribution in [0.5, 0.6) is 0 Å². The second kappa shape index (κ2) is 7.36. The molecule has 3 N–H and O–H groups in total. The predicted octanol–water partition coefficient (Wildman–Crippen LogP) is 2.80. The maximum absolute atomic E-state index is 11.9. The molecular formula is C19H20N2O4. The van der Waals surface area contributed by atoms with Gasteiger partial charge in [-0.2, -0.15) is 0 Å². The molecule has 1 unspecified atom stereocenters. The molecule has 2 aromatic carbocycles. The lowest BCUT2D eigenvalue weighted by atomic mass is 10.1. The van der Waals surface area contributed by atoms with Gasteiger partial charge >= 0.3 is 11.8 Å². The molecule has 6 heteroatoms. The van der Waals surface area contributed by atoms with E-state index in [1.54, 1.807) is 12.1 Å². The van der Waals surface area contributed by atoms with Gasteiger partial charge in [0.1, 0.15) is 11.2 Å². The minimum Gasteiger partial charge on any atom is -0.456 e. The highest BCUT2D eigenvalue weighted by Gasteiger charge is 2.15. The first-order valence-electron chi connectivity index (χ1n) is 8.27. The summed E-state index contributed by atoms with van der Waals surface area (Å²) in [7, 11) is 0. The van der Waals surface area contributed by atoms with Gasteiger partial charge in [0.25, 0.3) is 0 Å². The molecule has 0 aliphatic carbocycles. The smallest absolute Gasteiger partial charge is 0.313 e. The van der Waals surface area contributed by atoms with Crippen LogP contribution in [0.2, 0.25) is 0 Å². The van der Waals surface area contributed by atoms with Crippen LogP contribution in [0.1, 0.15) is 19.8 Å². The third-order valence-electron chi connectivity index (χ3n) is 4.08. The summed E-state index contributed by atoms with van der Waals surface area (Å²) in [6.07, 6.45) is 0.555. The molecule has 6 nitrogen and oxygen atoms in total. The number of aliphatic hydroxyl groups excluding tert-OH is 1. The van der Waals surface area contributed by atoms with E-state index >= 15 is 0 Å². The minimum absolute atomic E-state index is 0.254. The van der Waals surface area contributed by atoms with E-state index in [0.717, 1.165) is 16.4 Å². The molecule has 25 heavy (non-hydrogen) atoms. The van der Waals surface area contributed by atoms with Crippen molar-refractivity contribution in [2.45, 2.75) is 25.9 Å². The fraction of sp³-hybridized carbons (Fsp3) is 0.263. The monoisotopic (exact) mass is 340 g/mol. The van der Waals surface area contributed by atoms with E-state index in [1.165, 1.54) is 0 Å². The molecule has 0 fully saturated rings. The van der Waals surface area contributed by atoms with Crippen LogP contribution in [0.25, 0.3) is 21.9 Å². The quantitative estimate of drug-likeness (QED) is 0.623. The van der Waals surface area contributed by atoms with Crippen molar-refractivity contribution < 1.29 is 19.1 Å². The molecule has 0 radical (unpaired) electrons. The van der Waals surface area contributed by atoms with E-state index in [0.29, 0.717) is 24.1 Å². The van der Waals surface area contributed by atoms with Crippen LogP contribution in [-0.2, 0) is 9.59 Å². The van der Waals surface area contributed by atoms with Crippen molar-refractivity contribution >= 4 is 39.4 Å². The third kappa shape index (κ3) is 3.80. The van der Waals surface area contributed by atoms with Gasteiger partial charge in [0, 0.05) is 29.1 Å². The number of benzene rings is 2. The number of aliphatic hydroxyl groups is 1. The molecule has 0 spiro atoms. The molecular weight excluding hydrogens is 320 g/mol. The van der Waals surface area contributed by atoms with Gasteiger partial charge in [0.15, 0.2) is 0 Å². The molecule has 1 heterocycles. The Morgan fingerprint density at radius 3 is 2.64 bits per heavy atom. The highest BCUT2D eigenvalue weighted by atomic mass is 16.3. The molecule has 3 rings (SSSR count). The number of carbonyl (C=O) groups is 2. The summed E-state index contributed by atoms with van der Waals surface area (Å²) in [4.78, 5) is 23.7. The molecule has 2 amide bonds. The second-order valence-electron chi connectivity index (χ2n) is 5.87. The third-order valence-corrected chi connectivity index (χ3v) is 4.08. The Kier molecular flexibility index (Phi) is 5.00. The average Bonchev–Trinajstić information content (AvgIpc) is 2.99. The lowest BCUT2D eigenvalue weighted by Crippen LogP contribution is -2.36. The normalized spacial score (nSPS) is 12.2. The number of hydrogen-bond donors (Lipinski definition) is 3. The van der Waals surface area contributed by atoms with Crippen molar-refractivity contribution in [2.24, 2.45) is 0 Å². The van der Waals surface area contributed by atoms with Crippen LogP contribution < -0.4 is 10.6 Å². The first-order valence-corrected chi connectivity index (χ1v) is 8.27. The van der Waals surface area contributed by atoms with Gasteiger partial charge in [-0.1, -0.05) is 25.1 Å². The van der Waals surface area contributed by atoms with Gasteiger partial charge in [-0.05, 0) is 31.0 Å². The summed E-state index contributed by atoms with van der Waals surface area (Å²) in [6, 6.07) is 13.0. The predicted molar refractivity (Wildman–Crippen MR) is 96.3 cm³/mol. The van der Waals surface area contributed by atoms with E-state index in [4.69, 9.17) is 4.42 Å². The summed E-state index contributed by atoms with van der Waals surface area (Å²) < 4.78 is 5.76. The molecule has 0 aliphatic rings. The number of fused-ring (bicyclic) bond motifs is 3. The number of carbonyl (C=O) groups excluding carboxylic acids is 2. The Bertz CT molecular complexity index is 916. The number of anilines is 1. The Balaban J connectivity index is 1.67. The maximum Gasteiger partial charge on any atom is 0.313 e. The molecule has 130 valence electrons. The summed E-state index contributed by atoms with van der Waals surface area (Å²) in [5.41, 5.74) is 1.90. The Morgan fingerprint density at radius 2 is 1.84 bits per heavy atom. The van der Waals surface area contributed by atoms with Crippen LogP contribution in [0.4, 0.5) is 5.69 Å². The molecule has 0 bridgehead atoms. The number of para-hydroxylation sites is 1. The zero-order valence-corrected chi connectivity index (χ0v) is 13.9. The SMILES string of the molecule is CCC(O)CCNC(=O)C(=O)Nc1ccc2c(c1)oc1ccccc12. The maximum atomic E-state index is 11.9. The fourth-order valence-corrected chi connectivity index (χ4v) is 2.63. The standard InChI is InChI=1S/C19H20N2O4/c1-2-13(22)9-10-20-18(23)19(24)21-12-7-8-15-14-5-3-4-6-16(14)25-17(15)11-12/h3-8,11,13,22H,2,9-10H2,1H3,(H,20,23)(H,21,24). The highest BCUT2D eigenvalue weighted by molar-refractivity contribution is 6.39. The first-order chi connectivity index (χ1) is 12.1. The molecule has 0 aliphatic heterocycles. The van der Waals surface area contributed by atoms with Crippen LogP contribution in [-0.4, -0.2) is 29.6 Å². The minimum atomic E-state index is -0.749. The largest absolute Gasteiger partial charge is 0.456 e. The molecule has 0 saturated carbocycles. The number of nitrogens with one attached hydrogen (secondary N) is 2. The second-order valence-corrected chi connectivity index (χ2v) is 5.87. The first kappa shape index (κ1) is 17.0. The zero-order valence-electron chi connectivity index (χ0n) is 13.9. The lowest BCUT2D eigenvalue weighted by Gasteiger charge is -2.09. The van der Waals surface area contributed by atoms with Crippen LogP contribution in [0.3, 0.4) is 0 Å². The Labute approximate surface area is 144 Å². The average molecular weight is 340 g/mol. The van der Waals surface area contributed by atoms with Crippen molar-refractivity contribution in [3.05, 3.63) is 42.5 Å². The van der Waals surface area contributed by atoms with Crippen molar-refractivity contribution in [3.8, 4) is 0 Å². The van der Waals surface area contributed by atoms with E-state index < -0.39 is 17.9 Å². The van der Waals surface area contributed by atoms with Crippen molar-refractivity contribution in [2.75, 3.05) is 11.9 Å². The highest BCUT2D eigenvalue weighted by Crippen LogP contribution is 2.30. The molecule has 0 saturated heterocycles. The van der Waals surface area contributed by atoms with Crippen molar-refractivity contribution in [1.82, 2.24) is 5.32 Å². The van der Waals surface area contributed by atoms with Gasteiger partial charge in [0.2, 0.25) is 0 Å². The summed E-state index contributed by atoms with van der Waals surface area (Å²) in [5.74, 6) is -1.48. The van der Waals surface area contributed by atoms with Gasteiger partial charge in [0.05, 0.1) is 6.10 Å². The molecule has 1 atom stereocenters. The summed E-state index contributed by atoms with van der Waals surface area (Å²) in [6.45, 7) is 2.11. The number of furan rings is 1. The van der Waals surface area contributed by atoms with Gasteiger partial charge in [-0.3, -0.25) is 9.59 Å². The molecule has 3 aromatic rings. The lowest BCUT2D eigenvalue weighted by molar-refractivity contribution is -0.136. The van der Waals surface area contributed by atoms with E-state index in [9.17, 15) is 14.7 Å². The number of hydrogen-bond acceptors (Lipinski definition) is 4. The van der Waals surface area contributed by atoms with Gasteiger partial charge < -0.3 is 20.2 Å². The van der Waals surface area contributed by atoms with Crippen LogP contribution >= 0.6 is 0 Å². The summed E-state index contributed by atoms with van der Waals surface area (Å²) in [5, 5.41) is 16.4. The molecule has 1 aromatic heterocycles. The fourth-order valence-electron chi connectivity index (χ4n) is 2.63. The number of amides is 2. The van der Waals surface area contributed by atoms with Crippen LogP contribution in [0, 0.1) is 0 Å².